The topological polar surface area (TPSA) is 20.3 Å². The Hall–Kier alpha value is -0.530. The highest BCUT2D eigenvalue weighted by molar-refractivity contribution is 5.81. The van der Waals surface area contributed by atoms with E-state index < -0.39 is 0 Å². The van der Waals surface area contributed by atoms with Crippen LogP contribution in [-0.4, -0.2) is 22.9 Å². The molecule has 1 atom stereocenters. The van der Waals surface area contributed by atoms with E-state index in [1.807, 2.05) is 0 Å². The van der Waals surface area contributed by atoms with Crippen molar-refractivity contribution < 1.29 is 4.79 Å². The Morgan fingerprint density at radius 3 is 2.43 bits per heavy atom. The quantitative estimate of drug-likeness (QED) is 0.629. The van der Waals surface area contributed by atoms with Crippen LogP contribution in [0.4, 0.5) is 0 Å². The summed E-state index contributed by atoms with van der Waals surface area (Å²) in [4.78, 5) is 14.1. The molecule has 0 N–H and O–H groups in total. The highest BCUT2D eigenvalue weighted by atomic mass is 16.2. The summed E-state index contributed by atoms with van der Waals surface area (Å²) in [6.45, 7) is 5.34. The minimum absolute atomic E-state index is 0.195. The van der Waals surface area contributed by atoms with Crippen LogP contribution < -0.4 is 0 Å². The van der Waals surface area contributed by atoms with Crippen molar-refractivity contribution in [1.29, 1.82) is 0 Å². The van der Waals surface area contributed by atoms with Gasteiger partial charge in [-0.3, -0.25) is 4.79 Å². The monoisotopic (exact) mass is 195 g/mol. The molecule has 2 rings (SSSR count). The van der Waals surface area contributed by atoms with Crippen LogP contribution in [0.15, 0.2) is 0 Å². The van der Waals surface area contributed by atoms with Crippen LogP contribution >= 0.6 is 0 Å². The standard InChI is InChI=1S/C12H21NO/c1-10-6-9-13(11(10)14)12(2)7-4-3-5-8-12/h10H,3-9H2,1-2H3. The Balaban J connectivity index is 2.09. The van der Waals surface area contributed by atoms with E-state index in [0.717, 1.165) is 13.0 Å². The van der Waals surface area contributed by atoms with E-state index in [-0.39, 0.29) is 11.5 Å². The van der Waals surface area contributed by atoms with Crippen molar-refractivity contribution in [3.05, 3.63) is 0 Å². The molecule has 2 nitrogen and oxygen atoms in total. The summed E-state index contributed by atoms with van der Waals surface area (Å²) in [5, 5.41) is 0. The van der Waals surface area contributed by atoms with Crippen LogP contribution in [0.3, 0.4) is 0 Å². The molecule has 0 aromatic carbocycles. The highest BCUT2D eigenvalue weighted by Gasteiger charge is 2.41. The maximum Gasteiger partial charge on any atom is 0.225 e. The molecular formula is C12H21NO. The van der Waals surface area contributed by atoms with Crippen molar-refractivity contribution in [3.63, 3.8) is 0 Å². The first-order valence-electron chi connectivity index (χ1n) is 5.95. The van der Waals surface area contributed by atoms with Crippen molar-refractivity contribution in [2.45, 2.75) is 57.9 Å². The Labute approximate surface area is 86.7 Å². The van der Waals surface area contributed by atoms with E-state index in [4.69, 9.17) is 0 Å². The number of carbonyl (C=O) groups is 1. The lowest BCUT2D eigenvalue weighted by Crippen LogP contribution is -2.48. The normalized spacial score (nSPS) is 32.3. The van der Waals surface area contributed by atoms with Crippen molar-refractivity contribution >= 4 is 5.91 Å². The van der Waals surface area contributed by atoms with Crippen LogP contribution in [0.5, 0.6) is 0 Å². The van der Waals surface area contributed by atoms with Gasteiger partial charge in [-0.25, -0.2) is 0 Å². The number of nitrogens with zero attached hydrogens (tertiary/aromatic N) is 1. The third-order valence-electron chi connectivity index (χ3n) is 4.06. The van der Waals surface area contributed by atoms with Gasteiger partial charge >= 0.3 is 0 Å². The van der Waals surface area contributed by atoms with Gasteiger partial charge < -0.3 is 4.90 Å². The molecule has 14 heavy (non-hydrogen) atoms. The van der Waals surface area contributed by atoms with Crippen molar-refractivity contribution in [2.24, 2.45) is 5.92 Å². The fourth-order valence-corrected chi connectivity index (χ4v) is 2.94. The second-order valence-electron chi connectivity index (χ2n) is 5.24. The molecule has 80 valence electrons. The molecule has 0 spiro atoms. The van der Waals surface area contributed by atoms with E-state index >= 15 is 0 Å². The van der Waals surface area contributed by atoms with Gasteiger partial charge in [-0.1, -0.05) is 26.2 Å². The van der Waals surface area contributed by atoms with E-state index in [0.29, 0.717) is 5.91 Å². The van der Waals surface area contributed by atoms with E-state index in [2.05, 4.69) is 18.7 Å². The maximum atomic E-state index is 11.9. The predicted molar refractivity (Wildman–Crippen MR) is 57.0 cm³/mol. The zero-order valence-corrected chi connectivity index (χ0v) is 9.38. The molecule has 2 fully saturated rings. The van der Waals surface area contributed by atoms with E-state index in [1.165, 1.54) is 32.1 Å². The van der Waals surface area contributed by atoms with Crippen LogP contribution in [0, 0.1) is 5.92 Å². The Bertz CT molecular complexity index is 230. The van der Waals surface area contributed by atoms with Gasteiger partial charge in [0, 0.05) is 18.0 Å². The summed E-state index contributed by atoms with van der Waals surface area (Å²) in [5.74, 6) is 0.670. The third-order valence-corrected chi connectivity index (χ3v) is 4.06. The fourth-order valence-electron chi connectivity index (χ4n) is 2.94. The summed E-state index contributed by atoms with van der Waals surface area (Å²) < 4.78 is 0. The van der Waals surface area contributed by atoms with Gasteiger partial charge in [-0.2, -0.15) is 0 Å². The van der Waals surface area contributed by atoms with Crippen LogP contribution in [0.2, 0.25) is 0 Å². The summed E-state index contributed by atoms with van der Waals surface area (Å²) in [6.07, 6.45) is 7.45. The number of hydrogen-bond acceptors (Lipinski definition) is 1. The van der Waals surface area contributed by atoms with Gasteiger partial charge in [-0.15, -0.1) is 0 Å². The lowest BCUT2D eigenvalue weighted by atomic mass is 9.82. The first kappa shape index (κ1) is 10.0. The van der Waals surface area contributed by atoms with Crippen molar-refractivity contribution in [2.75, 3.05) is 6.54 Å². The second-order valence-corrected chi connectivity index (χ2v) is 5.24. The molecule has 1 amide bonds. The molecule has 1 aliphatic heterocycles. The third kappa shape index (κ3) is 1.55. The van der Waals surface area contributed by atoms with E-state index in [1.54, 1.807) is 0 Å². The molecule has 1 saturated carbocycles. The molecule has 0 aromatic heterocycles. The molecule has 1 heterocycles. The Kier molecular flexibility index (Phi) is 2.54. The molecule has 2 aliphatic rings. The molecule has 1 unspecified atom stereocenters. The zero-order chi connectivity index (χ0) is 10.2. The SMILES string of the molecule is CC1CCN(C2(C)CCCCC2)C1=O. The van der Waals surface area contributed by atoms with E-state index in [9.17, 15) is 4.79 Å². The second kappa shape index (κ2) is 3.56. The Morgan fingerprint density at radius 1 is 1.29 bits per heavy atom. The average Bonchev–Trinajstić information content (AvgIpc) is 2.49. The minimum Gasteiger partial charge on any atom is -0.337 e. The molecule has 2 heteroatoms. The fraction of sp³-hybridized carbons (Fsp3) is 0.917. The summed E-state index contributed by atoms with van der Waals surface area (Å²) in [6, 6.07) is 0. The van der Waals surface area contributed by atoms with Crippen molar-refractivity contribution in [1.82, 2.24) is 4.90 Å². The zero-order valence-electron chi connectivity index (χ0n) is 9.38. The summed E-state index contributed by atoms with van der Waals surface area (Å²) in [7, 11) is 0. The largest absolute Gasteiger partial charge is 0.337 e. The number of hydrogen-bond donors (Lipinski definition) is 0. The molecule has 0 bridgehead atoms. The molecule has 1 saturated heterocycles. The maximum absolute atomic E-state index is 11.9. The number of rotatable bonds is 1. The minimum atomic E-state index is 0.195. The average molecular weight is 195 g/mol. The molecule has 0 radical (unpaired) electrons. The van der Waals surface area contributed by atoms with Crippen LogP contribution in [-0.2, 0) is 4.79 Å². The number of amides is 1. The lowest BCUT2D eigenvalue weighted by molar-refractivity contribution is -0.136. The van der Waals surface area contributed by atoms with Crippen LogP contribution in [0.1, 0.15) is 52.4 Å². The number of likely N-dealkylation sites (tertiary alicyclic amines) is 1. The smallest absolute Gasteiger partial charge is 0.225 e. The molecular weight excluding hydrogens is 174 g/mol. The van der Waals surface area contributed by atoms with Gasteiger partial charge in [0.25, 0.3) is 0 Å². The van der Waals surface area contributed by atoms with Gasteiger partial charge in [0.15, 0.2) is 0 Å². The Morgan fingerprint density at radius 2 is 1.93 bits per heavy atom. The van der Waals surface area contributed by atoms with Crippen LogP contribution in [0.25, 0.3) is 0 Å². The van der Waals surface area contributed by atoms with Gasteiger partial charge in [-0.05, 0) is 26.2 Å². The highest BCUT2D eigenvalue weighted by Crippen LogP contribution is 2.36. The first-order chi connectivity index (χ1) is 6.63. The lowest BCUT2D eigenvalue weighted by Gasteiger charge is -2.42. The summed E-state index contributed by atoms with van der Waals surface area (Å²) in [5.41, 5.74) is 0.195. The van der Waals surface area contributed by atoms with Gasteiger partial charge in [0.2, 0.25) is 5.91 Å². The van der Waals surface area contributed by atoms with Gasteiger partial charge in [0.05, 0.1) is 0 Å². The summed E-state index contributed by atoms with van der Waals surface area (Å²) >= 11 is 0. The molecule has 1 aliphatic carbocycles. The first-order valence-corrected chi connectivity index (χ1v) is 5.95. The van der Waals surface area contributed by atoms with Gasteiger partial charge in [0.1, 0.15) is 0 Å². The van der Waals surface area contributed by atoms with Crippen molar-refractivity contribution in [3.8, 4) is 0 Å². The predicted octanol–water partition coefficient (Wildman–Crippen LogP) is 2.58. The number of carbonyl (C=O) groups excluding carboxylic acids is 1. The molecule has 0 aromatic rings.